The number of carbonyl (C=O) groups excluding carboxylic acids is 2. The fourth-order valence-corrected chi connectivity index (χ4v) is 3.51. The van der Waals surface area contributed by atoms with Gasteiger partial charge in [0.05, 0.1) is 18.9 Å². The zero-order valence-corrected chi connectivity index (χ0v) is 15.5. The average molecular weight is 382 g/mol. The van der Waals surface area contributed by atoms with E-state index in [0.717, 1.165) is 0 Å². The lowest BCUT2D eigenvalue weighted by Gasteiger charge is -2.29. The van der Waals surface area contributed by atoms with E-state index in [4.69, 9.17) is 9.47 Å². The zero-order valence-electron chi connectivity index (χ0n) is 15.5. The molecule has 0 aromatic heterocycles. The molecule has 0 radical (unpaired) electrons. The number of likely N-dealkylation sites (N-methyl/N-ethyl adjacent to an activating group) is 1. The van der Waals surface area contributed by atoms with E-state index in [1.165, 1.54) is 12.0 Å². The van der Waals surface area contributed by atoms with Gasteiger partial charge < -0.3 is 19.7 Å². The minimum atomic E-state index is -2.61. The van der Waals surface area contributed by atoms with E-state index in [0.29, 0.717) is 30.0 Å². The summed E-state index contributed by atoms with van der Waals surface area (Å²) in [7, 11) is 3.09. The van der Waals surface area contributed by atoms with Crippen molar-refractivity contribution < 1.29 is 27.8 Å². The first-order valence-corrected chi connectivity index (χ1v) is 9.08. The summed E-state index contributed by atoms with van der Waals surface area (Å²) in [6.45, 7) is 0. The highest BCUT2D eigenvalue weighted by Crippen LogP contribution is 2.36. The molecule has 2 fully saturated rings. The van der Waals surface area contributed by atoms with Crippen LogP contribution < -0.4 is 14.8 Å². The summed E-state index contributed by atoms with van der Waals surface area (Å²) in [4.78, 5) is 25.6. The highest BCUT2D eigenvalue weighted by Gasteiger charge is 2.36. The summed E-state index contributed by atoms with van der Waals surface area (Å²) in [6, 6.07) is 4.45. The number of likely N-dealkylation sites (tertiary alicyclic amines) is 1. The molecule has 1 saturated carbocycles. The predicted octanol–water partition coefficient (Wildman–Crippen LogP) is 3.21. The smallest absolute Gasteiger partial charge is 0.248 e. The first-order chi connectivity index (χ1) is 12.8. The lowest BCUT2D eigenvalue weighted by molar-refractivity contribution is -0.131. The molecule has 0 bridgehead atoms. The Morgan fingerprint density at radius 2 is 1.96 bits per heavy atom. The highest BCUT2D eigenvalue weighted by molar-refractivity contribution is 5.99. The van der Waals surface area contributed by atoms with Crippen molar-refractivity contribution in [3.05, 3.63) is 18.2 Å². The number of hydrogen-bond donors (Lipinski definition) is 1. The number of methoxy groups -OCH3 is 1. The Morgan fingerprint density at radius 3 is 2.56 bits per heavy atom. The van der Waals surface area contributed by atoms with Crippen molar-refractivity contribution in [1.82, 2.24) is 4.90 Å². The lowest BCUT2D eigenvalue weighted by Crippen LogP contribution is -2.38. The largest absolute Gasteiger partial charge is 0.495 e. The molecule has 27 heavy (non-hydrogen) atoms. The zero-order chi connectivity index (χ0) is 19.6. The maximum Gasteiger partial charge on any atom is 0.248 e. The van der Waals surface area contributed by atoms with Crippen molar-refractivity contribution in [2.24, 2.45) is 0 Å². The highest BCUT2D eigenvalue weighted by atomic mass is 19.3. The van der Waals surface area contributed by atoms with Gasteiger partial charge >= 0.3 is 0 Å². The summed E-state index contributed by atoms with van der Waals surface area (Å²) in [5.74, 6) is -2.02. The van der Waals surface area contributed by atoms with Gasteiger partial charge in [0.15, 0.2) is 0 Å². The van der Waals surface area contributed by atoms with Crippen LogP contribution in [0.5, 0.6) is 11.5 Å². The van der Waals surface area contributed by atoms with E-state index in [1.807, 2.05) is 0 Å². The number of amides is 2. The molecular weight excluding hydrogens is 358 g/mol. The molecule has 1 aromatic rings. The van der Waals surface area contributed by atoms with Crippen molar-refractivity contribution in [2.75, 3.05) is 19.5 Å². The number of nitrogens with one attached hydrogen (secondary N) is 1. The van der Waals surface area contributed by atoms with Crippen molar-refractivity contribution in [3.8, 4) is 11.5 Å². The van der Waals surface area contributed by atoms with Gasteiger partial charge in [-0.1, -0.05) is 0 Å². The van der Waals surface area contributed by atoms with E-state index in [9.17, 15) is 18.4 Å². The van der Waals surface area contributed by atoms with E-state index < -0.39 is 12.0 Å². The number of anilines is 1. The summed E-state index contributed by atoms with van der Waals surface area (Å²) < 4.78 is 37.7. The summed E-state index contributed by atoms with van der Waals surface area (Å²) in [6.07, 6.45) is 0.752. The number of alkyl halides is 2. The molecule has 1 atom stereocenters. The molecule has 1 aliphatic heterocycles. The van der Waals surface area contributed by atoms with Crippen molar-refractivity contribution >= 4 is 17.5 Å². The maximum absolute atomic E-state index is 13.3. The Kier molecular flexibility index (Phi) is 5.53. The molecule has 8 heteroatoms. The first kappa shape index (κ1) is 19.4. The minimum Gasteiger partial charge on any atom is -0.495 e. The van der Waals surface area contributed by atoms with Crippen LogP contribution in [0.15, 0.2) is 18.2 Å². The molecule has 3 rings (SSSR count). The maximum atomic E-state index is 13.3. The number of ether oxygens (including phenoxy) is 2. The quantitative estimate of drug-likeness (QED) is 0.849. The van der Waals surface area contributed by atoms with Crippen LogP contribution in [-0.4, -0.2) is 48.9 Å². The fraction of sp³-hybridized carbons (Fsp3) is 0.579. The van der Waals surface area contributed by atoms with Gasteiger partial charge in [-0.15, -0.1) is 0 Å². The number of hydrogen-bond acceptors (Lipinski definition) is 4. The van der Waals surface area contributed by atoms with Crippen molar-refractivity contribution in [2.45, 2.75) is 56.6 Å². The Labute approximate surface area is 156 Å². The third-order valence-electron chi connectivity index (χ3n) is 5.19. The summed E-state index contributed by atoms with van der Waals surface area (Å²) in [5, 5.41) is 2.79. The van der Waals surface area contributed by atoms with Gasteiger partial charge in [-0.05, 0) is 31.4 Å². The molecule has 148 valence electrons. The lowest BCUT2D eigenvalue weighted by atomic mass is 9.94. The van der Waals surface area contributed by atoms with Crippen molar-refractivity contribution in [1.29, 1.82) is 0 Å². The molecule has 2 aliphatic rings. The van der Waals surface area contributed by atoms with Crippen LogP contribution in [0.25, 0.3) is 0 Å². The SMILES string of the molecule is COc1ccc(OC2CCC(F)(F)CC2)cc1NC(=O)C1CCC(=O)N1C. The predicted molar refractivity (Wildman–Crippen MR) is 95.2 cm³/mol. The molecule has 1 saturated heterocycles. The number of benzene rings is 1. The van der Waals surface area contributed by atoms with Crippen LogP contribution >= 0.6 is 0 Å². The van der Waals surface area contributed by atoms with Gasteiger partial charge in [-0.3, -0.25) is 9.59 Å². The topological polar surface area (TPSA) is 67.9 Å². The Balaban J connectivity index is 1.68. The van der Waals surface area contributed by atoms with Gasteiger partial charge in [0, 0.05) is 32.4 Å². The van der Waals surface area contributed by atoms with Gasteiger partial charge in [-0.2, -0.15) is 0 Å². The summed E-state index contributed by atoms with van der Waals surface area (Å²) in [5.41, 5.74) is 0.425. The normalized spacial score (nSPS) is 22.6. The van der Waals surface area contributed by atoms with E-state index in [1.54, 1.807) is 25.2 Å². The second kappa shape index (κ2) is 7.70. The van der Waals surface area contributed by atoms with Crippen LogP contribution in [0, 0.1) is 0 Å². The number of rotatable bonds is 5. The number of nitrogens with zero attached hydrogens (tertiary/aromatic N) is 1. The molecule has 0 spiro atoms. The van der Waals surface area contributed by atoms with Gasteiger partial charge in [0.1, 0.15) is 17.5 Å². The molecule has 1 heterocycles. The molecule has 1 unspecified atom stereocenters. The third kappa shape index (κ3) is 4.48. The van der Waals surface area contributed by atoms with E-state index >= 15 is 0 Å². The summed E-state index contributed by atoms with van der Waals surface area (Å²) >= 11 is 0. The van der Waals surface area contributed by atoms with Crippen LogP contribution in [0.1, 0.15) is 38.5 Å². The second-order valence-corrected chi connectivity index (χ2v) is 7.08. The van der Waals surface area contributed by atoms with Crippen LogP contribution in [0.4, 0.5) is 14.5 Å². The fourth-order valence-electron chi connectivity index (χ4n) is 3.51. The van der Waals surface area contributed by atoms with Crippen LogP contribution in [-0.2, 0) is 9.59 Å². The second-order valence-electron chi connectivity index (χ2n) is 7.08. The number of halogens is 2. The minimum absolute atomic E-state index is 0.0618. The third-order valence-corrected chi connectivity index (χ3v) is 5.19. The molecule has 1 aromatic carbocycles. The standard InChI is InChI=1S/C19H24F2N2O4/c1-23-15(4-6-17(23)24)18(25)22-14-11-13(3-5-16(14)26-2)27-12-7-9-19(20,21)10-8-12/h3,5,11-12,15H,4,6-10H2,1-2H3,(H,22,25). The monoisotopic (exact) mass is 382 g/mol. The van der Waals surface area contributed by atoms with Gasteiger partial charge in [0.2, 0.25) is 17.7 Å². The Hall–Kier alpha value is -2.38. The average Bonchev–Trinajstić information content (AvgIpc) is 2.96. The Bertz CT molecular complexity index is 716. The molecule has 6 nitrogen and oxygen atoms in total. The molecular formula is C19H24F2N2O4. The van der Waals surface area contributed by atoms with Crippen molar-refractivity contribution in [3.63, 3.8) is 0 Å². The molecule has 1 aliphatic carbocycles. The first-order valence-electron chi connectivity index (χ1n) is 9.08. The number of carbonyl (C=O) groups is 2. The molecule has 1 N–H and O–H groups in total. The van der Waals surface area contributed by atoms with Crippen LogP contribution in [0.2, 0.25) is 0 Å². The van der Waals surface area contributed by atoms with Gasteiger partial charge in [-0.25, -0.2) is 8.78 Å². The van der Waals surface area contributed by atoms with Gasteiger partial charge in [0.25, 0.3) is 0 Å². The van der Waals surface area contributed by atoms with Crippen LogP contribution in [0.3, 0.4) is 0 Å². The van der Waals surface area contributed by atoms with E-state index in [-0.39, 0.29) is 43.6 Å². The Morgan fingerprint density at radius 1 is 1.26 bits per heavy atom. The van der Waals surface area contributed by atoms with E-state index in [2.05, 4.69) is 5.32 Å². The molecule has 2 amide bonds.